The molecule has 2 aromatic rings. The molecule has 0 amide bonds. The zero-order chi connectivity index (χ0) is 20.0. The van der Waals surface area contributed by atoms with E-state index in [0.29, 0.717) is 6.54 Å². The number of aromatic nitrogens is 1. The van der Waals surface area contributed by atoms with Crippen molar-refractivity contribution in [2.45, 2.75) is 39.7 Å². The molecule has 0 atom stereocenters. The lowest BCUT2D eigenvalue weighted by Gasteiger charge is -2.15. The number of hydrogen-bond donors (Lipinski definition) is 3. The quantitative estimate of drug-likeness (QED) is 0.181. The third-order valence-corrected chi connectivity index (χ3v) is 4.22. The van der Waals surface area contributed by atoms with Gasteiger partial charge in [-0.1, -0.05) is 25.1 Å². The van der Waals surface area contributed by atoms with Crippen molar-refractivity contribution in [3.8, 4) is 5.75 Å². The molecular weight excluding hydrogens is 477 g/mol. The van der Waals surface area contributed by atoms with Crippen LogP contribution in [0.2, 0.25) is 0 Å². The van der Waals surface area contributed by atoms with E-state index >= 15 is 0 Å². The van der Waals surface area contributed by atoms with Crippen LogP contribution in [0.3, 0.4) is 0 Å². The molecule has 3 N–H and O–H groups in total. The highest BCUT2D eigenvalue weighted by Gasteiger charge is 2.05. The Bertz CT molecular complexity index is 724. The monoisotopic (exact) mass is 511 g/mol. The van der Waals surface area contributed by atoms with E-state index in [1.807, 2.05) is 18.2 Å². The van der Waals surface area contributed by atoms with Crippen LogP contribution >= 0.6 is 24.0 Å². The second kappa shape index (κ2) is 14.9. The molecule has 0 fully saturated rings. The zero-order valence-corrected chi connectivity index (χ0v) is 20.0. The highest BCUT2D eigenvalue weighted by Crippen LogP contribution is 2.20. The van der Waals surface area contributed by atoms with Crippen LogP contribution in [0, 0.1) is 6.92 Å². The maximum absolute atomic E-state index is 5.88. The van der Waals surface area contributed by atoms with Crippen molar-refractivity contribution in [1.82, 2.24) is 15.6 Å². The number of aliphatic imine (C=N–C) groups is 1. The number of ether oxygens (including phenoxy) is 1. The summed E-state index contributed by atoms with van der Waals surface area (Å²) in [5, 5.41) is 10.1. The summed E-state index contributed by atoms with van der Waals surface area (Å²) in [4.78, 5) is 8.56. The predicted octanol–water partition coefficient (Wildman–Crippen LogP) is 4.35. The van der Waals surface area contributed by atoms with E-state index in [4.69, 9.17) is 4.74 Å². The Balaban J connectivity index is 0.00000420. The van der Waals surface area contributed by atoms with Crippen LogP contribution in [0.15, 0.2) is 47.6 Å². The molecule has 0 unspecified atom stereocenters. The highest BCUT2D eigenvalue weighted by atomic mass is 127. The molecule has 0 spiro atoms. The van der Waals surface area contributed by atoms with E-state index in [1.54, 1.807) is 13.2 Å². The van der Waals surface area contributed by atoms with Crippen LogP contribution in [0.5, 0.6) is 5.75 Å². The minimum absolute atomic E-state index is 0. The van der Waals surface area contributed by atoms with Crippen molar-refractivity contribution in [1.29, 1.82) is 0 Å². The Morgan fingerprint density at radius 3 is 2.66 bits per heavy atom. The lowest BCUT2D eigenvalue weighted by Crippen LogP contribution is -2.37. The molecule has 0 saturated heterocycles. The number of nitrogens with zero attached hydrogens (tertiary/aromatic N) is 2. The molecule has 0 aliphatic carbocycles. The van der Waals surface area contributed by atoms with Crippen LogP contribution in [-0.4, -0.2) is 37.7 Å². The molecule has 0 bridgehead atoms. The summed E-state index contributed by atoms with van der Waals surface area (Å²) in [5.41, 5.74) is 2.35. The molecule has 0 radical (unpaired) electrons. The second-order valence-corrected chi connectivity index (χ2v) is 6.66. The normalized spacial score (nSPS) is 10.8. The molecule has 0 saturated carbocycles. The number of hydrogen-bond acceptors (Lipinski definition) is 4. The Morgan fingerprint density at radius 1 is 1.10 bits per heavy atom. The van der Waals surface area contributed by atoms with Gasteiger partial charge in [-0.2, -0.15) is 0 Å². The average molecular weight is 511 g/mol. The van der Waals surface area contributed by atoms with Gasteiger partial charge in [0.1, 0.15) is 11.6 Å². The van der Waals surface area contributed by atoms with Crippen molar-refractivity contribution in [3.05, 3.63) is 53.7 Å². The first-order valence-corrected chi connectivity index (χ1v) is 10.0. The summed E-state index contributed by atoms with van der Waals surface area (Å²) in [5.74, 6) is 2.68. The Hall–Kier alpha value is -2.03. The number of pyridine rings is 1. The topological polar surface area (TPSA) is 70.6 Å². The molecule has 1 heterocycles. The number of nitrogens with one attached hydrogen (secondary N) is 3. The molecular formula is C22H34IN5O. The van der Waals surface area contributed by atoms with Gasteiger partial charge in [0.05, 0.1) is 6.61 Å². The minimum Gasteiger partial charge on any atom is -0.493 e. The maximum atomic E-state index is 5.88. The zero-order valence-electron chi connectivity index (χ0n) is 17.7. The molecule has 160 valence electrons. The number of guanidine groups is 1. The lowest BCUT2D eigenvalue weighted by molar-refractivity contribution is 0.313. The van der Waals surface area contributed by atoms with Crippen molar-refractivity contribution in [2.24, 2.45) is 4.99 Å². The van der Waals surface area contributed by atoms with Crippen LogP contribution in [-0.2, 0) is 6.54 Å². The fourth-order valence-corrected chi connectivity index (χ4v) is 2.69. The van der Waals surface area contributed by atoms with Crippen molar-refractivity contribution < 1.29 is 4.74 Å². The molecule has 29 heavy (non-hydrogen) atoms. The number of anilines is 1. The average Bonchev–Trinajstić information content (AvgIpc) is 2.72. The van der Waals surface area contributed by atoms with Crippen LogP contribution in [0.4, 0.5) is 5.82 Å². The van der Waals surface area contributed by atoms with Gasteiger partial charge in [-0.15, -0.1) is 24.0 Å². The molecule has 6 nitrogen and oxygen atoms in total. The fraction of sp³-hybridized carbons (Fsp3) is 0.455. The third-order valence-electron chi connectivity index (χ3n) is 4.22. The van der Waals surface area contributed by atoms with Crippen molar-refractivity contribution in [2.75, 3.05) is 32.1 Å². The summed E-state index contributed by atoms with van der Waals surface area (Å²) in [7, 11) is 1.79. The fourth-order valence-electron chi connectivity index (χ4n) is 2.69. The first-order valence-electron chi connectivity index (χ1n) is 10.0. The number of aryl methyl sites for hydroxylation is 1. The minimum atomic E-state index is 0. The standard InChI is InChI=1S/C22H33N5O.HI/c1-4-15-28-20-16-18(2)10-11-19(20)17-27-22(23-3)26-14-8-7-13-25-21-9-5-6-12-24-21;/h5-6,9-12,16H,4,7-8,13-15,17H2,1-3H3,(H,24,25)(H2,23,26,27);1H. The number of unbranched alkanes of at least 4 members (excludes halogenated alkanes) is 1. The predicted molar refractivity (Wildman–Crippen MR) is 133 cm³/mol. The van der Waals surface area contributed by atoms with E-state index in [-0.39, 0.29) is 24.0 Å². The summed E-state index contributed by atoms with van der Waals surface area (Å²) < 4.78 is 5.88. The Labute approximate surface area is 192 Å². The largest absolute Gasteiger partial charge is 0.493 e. The maximum Gasteiger partial charge on any atom is 0.191 e. The van der Waals surface area contributed by atoms with Crippen LogP contribution < -0.4 is 20.7 Å². The third kappa shape index (κ3) is 9.83. The molecule has 0 aliphatic heterocycles. The number of halogens is 1. The number of benzene rings is 1. The van der Waals surface area contributed by atoms with Gasteiger partial charge in [0.15, 0.2) is 5.96 Å². The molecule has 2 rings (SSSR count). The first-order chi connectivity index (χ1) is 13.7. The summed E-state index contributed by atoms with van der Waals surface area (Å²) in [6.07, 6.45) is 4.91. The van der Waals surface area contributed by atoms with Gasteiger partial charge in [-0.3, -0.25) is 4.99 Å². The molecule has 1 aromatic heterocycles. The van der Waals surface area contributed by atoms with Gasteiger partial charge in [0.25, 0.3) is 0 Å². The molecule has 1 aromatic carbocycles. The van der Waals surface area contributed by atoms with Gasteiger partial charge in [0.2, 0.25) is 0 Å². The SMILES string of the molecule is CCCOc1cc(C)ccc1CNC(=NC)NCCCCNc1ccccn1.I. The molecule has 0 aliphatic rings. The van der Waals surface area contributed by atoms with Gasteiger partial charge >= 0.3 is 0 Å². The van der Waals surface area contributed by atoms with E-state index in [1.165, 1.54) is 5.56 Å². The van der Waals surface area contributed by atoms with Gasteiger partial charge < -0.3 is 20.7 Å². The van der Waals surface area contributed by atoms with Gasteiger partial charge in [-0.05, 0) is 49.9 Å². The smallest absolute Gasteiger partial charge is 0.191 e. The Kier molecular flexibility index (Phi) is 12.8. The van der Waals surface area contributed by atoms with Crippen LogP contribution in [0.25, 0.3) is 0 Å². The summed E-state index contributed by atoms with van der Waals surface area (Å²) in [6.45, 7) is 7.39. The van der Waals surface area contributed by atoms with Crippen molar-refractivity contribution in [3.63, 3.8) is 0 Å². The van der Waals surface area contributed by atoms with Crippen molar-refractivity contribution >= 4 is 35.8 Å². The van der Waals surface area contributed by atoms with E-state index < -0.39 is 0 Å². The second-order valence-electron chi connectivity index (χ2n) is 6.66. The van der Waals surface area contributed by atoms with Crippen LogP contribution in [0.1, 0.15) is 37.3 Å². The van der Waals surface area contributed by atoms with E-state index in [2.05, 4.69) is 58.0 Å². The lowest BCUT2D eigenvalue weighted by atomic mass is 10.1. The number of rotatable bonds is 11. The first kappa shape index (κ1) is 25.0. The summed E-state index contributed by atoms with van der Waals surface area (Å²) in [6, 6.07) is 12.2. The van der Waals surface area contributed by atoms with Gasteiger partial charge in [0, 0.05) is 38.4 Å². The van der Waals surface area contributed by atoms with E-state index in [9.17, 15) is 0 Å². The summed E-state index contributed by atoms with van der Waals surface area (Å²) >= 11 is 0. The van der Waals surface area contributed by atoms with E-state index in [0.717, 1.165) is 62.0 Å². The highest BCUT2D eigenvalue weighted by molar-refractivity contribution is 14.0. The van der Waals surface area contributed by atoms with Gasteiger partial charge in [-0.25, -0.2) is 4.98 Å². The molecule has 7 heteroatoms. The Morgan fingerprint density at radius 2 is 1.93 bits per heavy atom.